The lowest BCUT2D eigenvalue weighted by Crippen LogP contribution is -2.50. The van der Waals surface area contributed by atoms with E-state index in [2.05, 4.69) is 5.32 Å². The minimum atomic E-state index is -0.611. The van der Waals surface area contributed by atoms with E-state index in [1.165, 1.54) is 6.42 Å². The molecule has 4 rings (SSSR count). The summed E-state index contributed by atoms with van der Waals surface area (Å²) >= 11 is 12.3. The zero-order valence-electron chi connectivity index (χ0n) is 19.3. The monoisotopic (exact) mass is 504 g/mol. The van der Waals surface area contributed by atoms with E-state index >= 15 is 0 Å². The number of halogens is 2. The molecular formula is C26H30Cl2N2O4. The fourth-order valence-electron chi connectivity index (χ4n) is 4.48. The highest BCUT2D eigenvalue weighted by Crippen LogP contribution is 2.33. The van der Waals surface area contributed by atoms with Crippen molar-refractivity contribution in [3.05, 3.63) is 57.6 Å². The van der Waals surface area contributed by atoms with Crippen molar-refractivity contribution in [1.29, 1.82) is 0 Å². The molecule has 2 aromatic carbocycles. The molecule has 0 radical (unpaired) electrons. The summed E-state index contributed by atoms with van der Waals surface area (Å²) < 4.78 is 10.8. The smallest absolute Gasteiger partial charge is 0.242 e. The Morgan fingerprint density at radius 3 is 2.50 bits per heavy atom. The Morgan fingerprint density at radius 2 is 1.74 bits per heavy atom. The van der Waals surface area contributed by atoms with Crippen molar-refractivity contribution < 1.29 is 19.1 Å². The van der Waals surface area contributed by atoms with E-state index < -0.39 is 6.04 Å². The molecule has 182 valence electrons. The molecule has 2 aliphatic rings. The van der Waals surface area contributed by atoms with Crippen LogP contribution >= 0.6 is 23.2 Å². The lowest BCUT2D eigenvalue weighted by molar-refractivity contribution is -0.141. The minimum absolute atomic E-state index is 0.102. The van der Waals surface area contributed by atoms with Crippen LogP contribution in [0.5, 0.6) is 11.5 Å². The molecule has 1 atom stereocenters. The number of amides is 2. The molecule has 0 aromatic heterocycles. The summed E-state index contributed by atoms with van der Waals surface area (Å²) in [7, 11) is 0. The minimum Gasteiger partial charge on any atom is -0.454 e. The number of carbonyl (C=O) groups is 2. The molecule has 0 bridgehead atoms. The Hall–Kier alpha value is -2.44. The number of carbonyl (C=O) groups excluding carboxylic acids is 2. The van der Waals surface area contributed by atoms with Gasteiger partial charge in [0.15, 0.2) is 11.5 Å². The second kappa shape index (κ2) is 11.3. The standard InChI is InChI=1S/C26H30Cl2N2O4/c1-17(26(32)29-20-5-3-2-4-6-20)30(15-19-7-10-21(27)22(28)13-19)25(31)12-9-18-8-11-23-24(14-18)34-16-33-23/h7-8,10-11,13-14,17,20H,2-6,9,12,15-16H2,1H3,(H,29,32). The molecule has 1 heterocycles. The van der Waals surface area contributed by atoms with Crippen molar-refractivity contribution in [2.75, 3.05) is 6.79 Å². The third kappa shape index (κ3) is 6.16. The number of benzene rings is 2. The van der Waals surface area contributed by atoms with Crippen LogP contribution in [0.2, 0.25) is 10.0 Å². The van der Waals surface area contributed by atoms with Gasteiger partial charge in [0.05, 0.1) is 10.0 Å². The number of nitrogens with zero attached hydrogens (tertiary/aromatic N) is 1. The van der Waals surface area contributed by atoms with E-state index in [1.54, 1.807) is 24.0 Å². The molecule has 1 saturated carbocycles. The van der Waals surface area contributed by atoms with Crippen LogP contribution < -0.4 is 14.8 Å². The summed E-state index contributed by atoms with van der Waals surface area (Å²) in [6, 6.07) is 10.5. The molecule has 0 spiro atoms. The summed E-state index contributed by atoms with van der Waals surface area (Å²) in [5, 5.41) is 4.03. The van der Waals surface area contributed by atoms with Gasteiger partial charge in [0.25, 0.3) is 0 Å². The van der Waals surface area contributed by atoms with Gasteiger partial charge in [-0.25, -0.2) is 0 Å². The van der Waals surface area contributed by atoms with Gasteiger partial charge in [0, 0.05) is 19.0 Å². The molecule has 6 nitrogen and oxygen atoms in total. The first-order valence-electron chi connectivity index (χ1n) is 11.8. The maximum Gasteiger partial charge on any atom is 0.242 e. The third-order valence-corrected chi connectivity index (χ3v) is 7.26. The van der Waals surface area contributed by atoms with E-state index in [9.17, 15) is 9.59 Å². The highest BCUT2D eigenvalue weighted by atomic mass is 35.5. The third-order valence-electron chi connectivity index (χ3n) is 6.52. The van der Waals surface area contributed by atoms with E-state index in [-0.39, 0.29) is 37.6 Å². The second-order valence-electron chi connectivity index (χ2n) is 8.98. The summed E-state index contributed by atoms with van der Waals surface area (Å²) in [6.07, 6.45) is 6.24. The molecule has 2 aromatic rings. The molecular weight excluding hydrogens is 475 g/mol. The summed E-state index contributed by atoms with van der Waals surface area (Å²) in [5.74, 6) is 1.18. The topological polar surface area (TPSA) is 67.9 Å². The fraction of sp³-hybridized carbons (Fsp3) is 0.462. The van der Waals surface area contributed by atoms with Gasteiger partial charge >= 0.3 is 0 Å². The summed E-state index contributed by atoms with van der Waals surface area (Å²) in [6.45, 7) is 2.27. The SMILES string of the molecule is CC(C(=O)NC1CCCCC1)N(Cc1ccc(Cl)c(Cl)c1)C(=O)CCc1ccc2c(c1)OCO2. The van der Waals surface area contributed by atoms with Crippen molar-refractivity contribution in [2.45, 2.75) is 70.5 Å². The Kier molecular flexibility index (Phi) is 8.22. The number of ether oxygens (including phenoxy) is 2. The lowest BCUT2D eigenvalue weighted by Gasteiger charge is -2.31. The van der Waals surface area contributed by atoms with Crippen LogP contribution in [0.4, 0.5) is 0 Å². The molecule has 1 aliphatic heterocycles. The maximum atomic E-state index is 13.4. The van der Waals surface area contributed by atoms with Crippen LogP contribution in [0.25, 0.3) is 0 Å². The average molecular weight is 505 g/mol. The van der Waals surface area contributed by atoms with Crippen LogP contribution in [0, 0.1) is 0 Å². The maximum absolute atomic E-state index is 13.4. The van der Waals surface area contributed by atoms with Crippen molar-refractivity contribution in [3.63, 3.8) is 0 Å². The normalized spacial score (nSPS) is 16.2. The largest absolute Gasteiger partial charge is 0.454 e. The summed E-state index contributed by atoms with van der Waals surface area (Å²) in [5.41, 5.74) is 1.80. The molecule has 0 saturated heterocycles. The van der Waals surface area contributed by atoms with Gasteiger partial charge in [0.1, 0.15) is 6.04 Å². The number of fused-ring (bicyclic) bond motifs is 1. The Balaban J connectivity index is 1.46. The average Bonchev–Trinajstić information content (AvgIpc) is 3.31. The molecule has 8 heteroatoms. The Bertz CT molecular complexity index is 1040. The quantitative estimate of drug-likeness (QED) is 0.513. The van der Waals surface area contributed by atoms with Crippen LogP contribution in [-0.2, 0) is 22.6 Å². The predicted molar refractivity (Wildman–Crippen MR) is 132 cm³/mol. The highest BCUT2D eigenvalue weighted by Gasteiger charge is 2.28. The fourth-order valence-corrected chi connectivity index (χ4v) is 4.80. The molecule has 1 aliphatic carbocycles. The number of nitrogens with one attached hydrogen (secondary N) is 1. The number of rotatable bonds is 8. The predicted octanol–water partition coefficient (Wildman–Crippen LogP) is 5.52. The van der Waals surface area contributed by atoms with Crippen LogP contribution in [0.3, 0.4) is 0 Å². The van der Waals surface area contributed by atoms with Crippen molar-refractivity contribution >= 4 is 35.0 Å². The van der Waals surface area contributed by atoms with E-state index in [0.717, 1.165) is 36.8 Å². The highest BCUT2D eigenvalue weighted by molar-refractivity contribution is 6.42. The van der Waals surface area contributed by atoms with E-state index in [1.807, 2.05) is 24.3 Å². The van der Waals surface area contributed by atoms with Gasteiger partial charge < -0.3 is 19.7 Å². The van der Waals surface area contributed by atoms with Crippen molar-refractivity contribution in [3.8, 4) is 11.5 Å². The lowest BCUT2D eigenvalue weighted by atomic mass is 9.95. The van der Waals surface area contributed by atoms with Crippen LogP contribution in [0.1, 0.15) is 56.6 Å². The molecule has 34 heavy (non-hydrogen) atoms. The first kappa shape index (κ1) is 24.7. The van der Waals surface area contributed by atoms with E-state index in [4.69, 9.17) is 32.7 Å². The zero-order valence-corrected chi connectivity index (χ0v) is 20.8. The first-order valence-corrected chi connectivity index (χ1v) is 12.6. The number of hydrogen-bond donors (Lipinski definition) is 1. The van der Waals surface area contributed by atoms with Gasteiger partial charge in [-0.3, -0.25) is 9.59 Å². The molecule has 1 fully saturated rings. The van der Waals surface area contributed by atoms with Crippen molar-refractivity contribution in [2.24, 2.45) is 0 Å². The Morgan fingerprint density at radius 1 is 1.00 bits per heavy atom. The second-order valence-corrected chi connectivity index (χ2v) is 9.79. The van der Waals surface area contributed by atoms with E-state index in [0.29, 0.717) is 28.0 Å². The zero-order chi connectivity index (χ0) is 24.1. The first-order chi connectivity index (χ1) is 16.4. The van der Waals surface area contributed by atoms with Gasteiger partial charge in [-0.15, -0.1) is 0 Å². The van der Waals surface area contributed by atoms with Gasteiger partial charge in [0.2, 0.25) is 18.6 Å². The molecule has 1 N–H and O–H groups in total. The summed E-state index contributed by atoms with van der Waals surface area (Å²) in [4.78, 5) is 28.1. The number of aryl methyl sites for hydroxylation is 1. The van der Waals surface area contributed by atoms with Gasteiger partial charge in [-0.05, 0) is 61.6 Å². The van der Waals surface area contributed by atoms with Gasteiger partial charge in [-0.1, -0.05) is 54.6 Å². The molecule has 2 amide bonds. The Labute approximate surface area is 210 Å². The number of hydrogen-bond acceptors (Lipinski definition) is 4. The van der Waals surface area contributed by atoms with Crippen LogP contribution in [-0.4, -0.2) is 35.6 Å². The van der Waals surface area contributed by atoms with Crippen LogP contribution in [0.15, 0.2) is 36.4 Å². The van der Waals surface area contributed by atoms with Gasteiger partial charge in [-0.2, -0.15) is 0 Å². The van der Waals surface area contributed by atoms with Crippen molar-refractivity contribution in [1.82, 2.24) is 10.2 Å². The molecule has 1 unspecified atom stereocenters.